The SMILES string of the molecule is Cc1ccc(C)c(C(N)CS(=O)c2ccccc2Cl)c1. The van der Waals surface area contributed by atoms with Crippen LogP contribution in [0, 0.1) is 13.8 Å². The van der Waals surface area contributed by atoms with Gasteiger partial charge in [-0.05, 0) is 37.1 Å². The van der Waals surface area contributed by atoms with E-state index < -0.39 is 10.8 Å². The summed E-state index contributed by atoms with van der Waals surface area (Å²) < 4.78 is 12.4. The molecule has 0 radical (unpaired) electrons. The van der Waals surface area contributed by atoms with Crippen molar-refractivity contribution < 1.29 is 4.21 Å². The van der Waals surface area contributed by atoms with E-state index in [9.17, 15) is 4.21 Å². The summed E-state index contributed by atoms with van der Waals surface area (Å²) in [5.74, 6) is 0.369. The van der Waals surface area contributed by atoms with Gasteiger partial charge in [0.1, 0.15) is 0 Å². The van der Waals surface area contributed by atoms with Crippen LogP contribution in [-0.4, -0.2) is 9.96 Å². The summed E-state index contributed by atoms with van der Waals surface area (Å²) in [4.78, 5) is 0.648. The van der Waals surface area contributed by atoms with Gasteiger partial charge in [0.05, 0.1) is 20.7 Å². The van der Waals surface area contributed by atoms with Gasteiger partial charge in [0.25, 0.3) is 0 Å². The third-order valence-electron chi connectivity index (χ3n) is 3.25. The first-order chi connectivity index (χ1) is 9.49. The molecule has 2 rings (SSSR count). The van der Waals surface area contributed by atoms with E-state index in [-0.39, 0.29) is 6.04 Å². The molecule has 0 heterocycles. The first kappa shape index (κ1) is 15.2. The topological polar surface area (TPSA) is 43.1 Å². The first-order valence-electron chi connectivity index (χ1n) is 6.44. The Morgan fingerprint density at radius 1 is 1.20 bits per heavy atom. The van der Waals surface area contributed by atoms with Crippen molar-refractivity contribution in [3.05, 3.63) is 64.2 Å². The monoisotopic (exact) mass is 307 g/mol. The Kier molecular flexibility index (Phi) is 4.97. The maximum Gasteiger partial charge on any atom is 0.0574 e. The molecular weight excluding hydrogens is 290 g/mol. The molecule has 106 valence electrons. The fourth-order valence-corrected chi connectivity index (χ4v) is 3.73. The second-order valence-electron chi connectivity index (χ2n) is 4.91. The lowest BCUT2D eigenvalue weighted by molar-refractivity contribution is 0.675. The fourth-order valence-electron chi connectivity index (χ4n) is 2.13. The van der Waals surface area contributed by atoms with Crippen LogP contribution < -0.4 is 5.73 Å². The van der Waals surface area contributed by atoms with E-state index >= 15 is 0 Å². The van der Waals surface area contributed by atoms with Gasteiger partial charge in [-0.2, -0.15) is 0 Å². The van der Waals surface area contributed by atoms with Crippen molar-refractivity contribution in [2.75, 3.05) is 5.75 Å². The molecule has 0 aliphatic carbocycles. The molecule has 0 bridgehead atoms. The molecular formula is C16H18ClNOS. The van der Waals surface area contributed by atoms with E-state index in [4.69, 9.17) is 17.3 Å². The van der Waals surface area contributed by atoms with E-state index in [1.54, 1.807) is 12.1 Å². The van der Waals surface area contributed by atoms with Gasteiger partial charge in [-0.3, -0.25) is 4.21 Å². The highest BCUT2D eigenvalue weighted by Crippen LogP contribution is 2.23. The van der Waals surface area contributed by atoms with Crippen molar-refractivity contribution in [1.82, 2.24) is 0 Å². The Morgan fingerprint density at radius 2 is 1.90 bits per heavy atom. The highest BCUT2D eigenvalue weighted by atomic mass is 35.5. The number of aryl methyl sites for hydroxylation is 2. The third-order valence-corrected chi connectivity index (χ3v) is 5.20. The lowest BCUT2D eigenvalue weighted by atomic mass is 10.0. The van der Waals surface area contributed by atoms with Crippen molar-refractivity contribution in [3.63, 3.8) is 0 Å². The zero-order valence-electron chi connectivity index (χ0n) is 11.6. The van der Waals surface area contributed by atoms with Crippen LogP contribution in [0.15, 0.2) is 47.4 Å². The summed E-state index contributed by atoms with van der Waals surface area (Å²) in [6, 6.07) is 13.1. The van der Waals surface area contributed by atoms with Crippen LogP contribution in [0.2, 0.25) is 5.02 Å². The Labute approximate surface area is 127 Å². The molecule has 2 atom stereocenters. The van der Waals surface area contributed by atoms with E-state index in [0.717, 1.165) is 16.7 Å². The molecule has 20 heavy (non-hydrogen) atoms. The van der Waals surface area contributed by atoms with Crippen molar-refractivity contribution >= 4 is 22.4 Å². The summed E-state index contributed by atoms with van der Waals surface area (Å²) in [6.07, 6.45) is 0. The summed E-state index contributed by atoms with van der Waals surface area (Å²) in [5.41, 5.74) is 9.54. The summed E-state index contributed by atoms with van der Waals surface area (Å²) in [7, 11) is -1.20. The molecule has 0 aliphatic rings. The van der Waals surface area contributed by atoms with Gasteiger partial charge in [0, 0.05) is 11.8 Å². The number of benzene rings is 2. The quantitative estimate of drug-likeness (QED) is 0.934. The molecule has 2 aromatic rings. The molecule has 4 heteroatoms. The molecule has 2 N–H and O–H groups in total. The molecule has 0 aliphatic heterocycles. The van der Waals surface area contributed by atoms with Gasteiger partial charge in [-0.1, -0.05) is 47.5 Å². The van der Waals surface area contributed by atoms with Crippen molar-refractivity contribution in [2.45, 2.75) is 24.8 Å². The minimum atomic E-state index is -1.20. The molecule has 0 aromatic heterocycles. The average Bonchev–Trinajstić information content (AvgIpc) is 2.41. The molecule has 2 unspecified atom stereocenters. The fraction of sp³-hybridized carbons (Fsp3) is 0.250. The van der Waals surface area contributed by atoms with E-state index in [1.807, 2.05) is 32.0 Å². The third kappa shape index (κ3) is 3.48. The summed E-state index contributed by atoms with van der Waals surface area (Å²) in [5, 5.41) is 0.527. The smallest absolute Gasteiger partial charge is 0.0574 e. The minimum absolute atomic E-state index is 0.257. The molecule has 0 amide bonds. The first-order valence-corrected chi connectivity index (χ1v) is 8.14. The van der Waals surface area contributed by atoms with Crippen molar-refractivity contribution in [1.29, 1.82) is 0 Å². The van der Waals surface area contributed by atoms with Gasteiger partial charge in [-0.25, -0.2) is 0 Å². The van der Waals surface area contributed by atoms with E-state index in [2.05, 4.69) is 12.1 Å². The number of halogens is 1. The second kappa shape index (κ2) is 6.53. The lowest BCUT2D eigenvalue weighted by Gasteiger charge is -2.15. The standard InChI is InChI=1S/C16H18ClNOS/c1-11-7-8-12(2)13(9-11)15(18)10-20(19)16-6-4-3-5-14(16)17/h3-9,15H,10,18H2,1-2H3. The zero-order valence-corrected chi connectivity index (χ0v) is 13.2. The molecule has 2 nitrogen and oxygen atoms in total. The van der Waals surface area contributed by atoms with Crippen LogP contribution in [0.5, 0.6) is 0 Å². The van der Waals surface area contributed by atoms with E-state index in [0.29, 0.717) is 15.7 Å². The number of rotatable bonds is 4. The Hall–Kier alpha value is -1.16. The number of hydrogen-bond donors (Lipinski definition) is 1. The van der Waals surface area contributed by atoms with Gasteiger partial charge in [-0.15, -0.1) is 0 Å². The van der Waals surface area contributed by atoms with Crippen molar-refractivity contribution in [3.8, 4) is 0 Å². The van der Waals surface area contributed by atoms with Crippen LogP contribution in [0.3, 0.4) is 0 Å². The summed E-state index contributed by atoms with van der Waals surface area (Å²) in [6.45, 7) is 4.05. The predicted octanol–water partition coefficient (Wildman–Crippen LogP) is 3.76. The maximum atomic E-state index is 12.4. The summed E-state index contributed by atoms with van der Waals surface area (Å²) >= 11 is 6.07. The van der Waals surface area contributed by atoms with Crippen molar-refractivity contribution in [2.24, 2.45) is 5.73 Å². The Balaban J connectivity index is 2.19. The van der Waals surface area contributed by atoms with Gasteiger partial charge >= 0.3 is 0 Å². The van der Waals surface area contributed by atoms with Crippen LogP contribution in [0.1, 0.15) is 22.7 Å². The molecule has 0 saturated heterocycles. The lowest BCUT2D eigenvalue weighted by Crippen LogP contribution is -2.19. The van der Waals surface area contributed by atoms with Crippen LogP contribution >= 0.6 is 11.6 Å². The highest BCUT2D eigenvalue weighted by molar-refractivity contribution is 7.85. The Morgan fingerprint density at radius 3 is 2.60 bits per heavy atom. The maximum absolute atomic E-state index is 12.4. The van der Waals surface area contributed by atoms with Gasteiger partial charge in [0.2, 0.25) is 0 Å². The van der Waals surface area contributed by atoms with Crippen LogP contribution in [0.4, 0.5) is 0 Å². The van der Waals surface area contributed by atoms with E-state index in [1.165, 1.54) is 0 Å². The highest BCUT2D eigenvalue weighted by Gasteiger charge is 2.15. The largest absolute Gasteiger partial charge is 0.323 e. The minimum Gasteiger partial charge on any atom is -0.323 e. The van der Waals surface area contributed by atoms with Crippen LogP contribution in [0.25, 0.3) is 0 Å². The van der Waals surface area contributed by atoms with Gasteiger partial charge < -0.3 is 5.73 Å². The zero-order chi connectivity index (χ0) is 14.7. The Bertz CT molecular complexity index is 642. The molecule has 0 spiro atoms. The molecule has 0 fully saturated rings. The van der Waals surface area contributed by atoms with Gasteiger partial charge in [0.15, 0.2) is 0 Å². The average molecular weight is 308 g/mol. The predicted molar refractivity (Wildman–Crippen MR) is 85.6 cm³/mol. The molecule has 0 saturated carbocycles. The number of hydrogen-bond acceptors (Lipinski definition) is 2. The van der Waals surface area contributed by atoms with Crippen LogP contribution in [-0.2, 0) is 10.8 Å². The second-order valence-corrected chi connectivity index (χ2v) is 6.78. The number of nitrogens with two attached hydrogens (primary N) is 1. The molecule has 2 aromatic carbocycles. The normalized spacial score (nSPS) is 14.0.